The van der Waals surface area contributed by atoms with E-state index in [4.69, 9.17) is 0 Å². The van der Waals surface area contributed by atoms with Crippen molar-refractivity contribution < 1.29 is 37.1 Å². The van der Waals surface area contributed by atoms with E-state index in [1.54, 1.807) is 6.08 Å². The van der Waals surface area contributed by atoms with Gasteiger partial charge in [-0.3, -0.25) is 6.08 Å². The number of unbranched alkanes of at least 4 members (excludes halogenated alkanes) is 3. The molecule has 1 N–H and O–H groups in total. The van der Waals surface area contributed by atoms with Crippen molar-refractivity contribution in [1.82, 2.24) is 5.32 Å². The van der Waals surface area contributed by atoms with Crippen LogP contribution >= 0.6 is 0 Å². The molecule has 0 spiro atoms. The molecule has 1 aromatic rings. The molecule has 0 fully saturated rings. The molecule has 1 nitrogen and oxygen atoms in total. The van der Waals surface area contributed by atoms with Gasteiger partial charge < -0.3 is 39.9 Å². The molecule has 0 bridgehead atoms. The Morgan fingerprint density at radius 3 is 2.08 bits per heavy atom. The molecule has 26 heavy (non-hydrogen) atoms. The van der Waals surface area contributed by atoms with Gasteiger partial charge in [0.2, 0.25) is 0 Å². The van der Waals surface area contributed by atoms with Crippen LogP contribution in [-0.2, 0) is 50.1 Å². The van der Waals surface area contributed by atoms with Crippen molar-refractivity contribution in [2.75, 3.05) is 0 Å². The van der Waals surface area contributed by atoms with Crippen molar-refractivity contribution in [2.24, 2.45) is 0 Å². The monoisotopic (exact) mass is 431 g/mol. The van der Waals surface area contributed by atoms with E-state index in [9.17, 15) is 0 Å². The molecule has 0 saturated heterocycles. The van der Waals surface area contributed by atoms with Gasteiger partial charge in [0.25, 0.3) is 0 Å². The second-order valence-corrected chi connectivity index (χ2v) is 5.42. The zero-order chi connectivity index (χ0) is 16.6. The first-order valence-corrected chi connectivity index (χ1v) is 8.28. The summed E-state index contributed by atoms with van der Waals surface area (Å²) in [6, 6.07) is 9.30. The van der Waals surface area contributed by atoms with E-state index >= 15 is 0 Å². The first-order chi connectivity index (χ1) is 10.7. The van der Waals surface area contributed by atoms with Gasteiger partial charge in [0.1, 0.15) is 0 Å². The topological polar surface area (TPSA) is 12.0 Å². The predicted octanol–water partition coefficient (Wildman–Crippen LogP) is 6.43. The second kappa shape index (κ2) is 27.2. The van der Waals surface area contributed by atoms with Gasteiger partial charge >= 0.3 is 0 Å². The number of hydrogen-bond donors (Lipinski definition) is 1. The van der Waals surface area contributed by atoms with Crippen molar-refractivity contribution in [3.05, 3.63) is 89.1 Å². The zero-order valence-corrected chi connectivity index (χ0v) is 20.3. The standard InChI is InChI=1S/C10H13N.C6H10.C5H10.2CH3.2V/c1-8-6-9-4-2-3-5-10(9)7-11-8;1-3-5-6-4-2;1-3-5-4-2;;;;/h2-5,8,11H,6-7H2,1H3;3-5H,1,6H2,2H3;4H,1,3,5H2,2H3;2*1H3;;/q;2*-2;2*-1;;. The summed E-state index contributed by atoms with van der Waals surface area (Å²) < 4.78 is 0. The number of allylic oxidation sites excluding steroid dienone is 2. The molecule has 0 saturated carbocycles. The number of benzene rings is 1. The average Bonchev–Trinajstić information content (AvgIpc) is 2.55. The van der Waals surface area contributed by atoms with E-state index in [0.717, 1.165) is 25.8 Å². The Hall–Kier alpha value is -0.0412. The summed E-state index contributed by atoms with van der Waals surface area (Å²) >= 11 is 0. The Bertz CT molecular complexity index is 390. The fraction of sp³-hybridized carbons (Fsp3) is 0.391. The van der Waals surface area contributed by atoms with E-state index in [2.05, 4.69) is 63.2 Å². The van der Waals surface area contributed by atoms with E-state index < -0.39 is 0 Å². The molecule has 0 aliphatic carbocycles. The third-order valence-corrected chi connectivity index (χ3v) is 3.32. The van der Waals surface area contributed by atoms with Crippen LogP contribution in [0.3, 0.4) is 0 Å². The summed E-state index contributed by atoms with van der Waals surface area (Å²) in [6.07, 6.45) is 12.4. The van der Waals surface area contributed by atoms with Gasteiger partial charge in [-0.2, -0.15) is 13.8 Å². The van der Waals surface area contributed by atoms with E-state index in [-0.39, 0.29) is 52.0 Å². The molecule has 0 amide bonds. The molecule has 1 heterocycles. The van der Waals surface area contributed by atoms with E-state index in [1.165, 1.54) is 17.5 Å². The molecule has 1 unspecified atom stereocenters. The largest absolute Gasteiger partial charge is 0.358 e. The van der Waals surface area contributed by atoms with Gasteiger partial charge in [-0.1, -0.05) is 24.3 Å². The summed E-state index contributed by atoms with van der Waals surface area (Å²) in [5.41, 5.74) is 2.98. The molecule has 152 valence electrons. The summed E-state index contributed by atoms with van der Waals surface area (Å²) in [4.78, 5) is 0. The van der Waals surface area contributed by atoms with Crippen molar-refractivity contribution in [3.63, 3.8) is 0 Å². The SMILES string of the molecule is CC1Cc2ccccc2CN1.[CH2-]C=CC[CH-]C.[CH2-]CC[CH-]C.[CH3-].[CH3-].[V].[V]. The van der Waals surface area contributed by atoms with Crippen LogP contribution in [-0.4, -0.2) is 6.04 Å². The first-order valence-electron chi connectivity index (χ1n) is 8.28. The van der Waals surface area contributed by atoms with Gasteiger partial charge in [0, 0.05) is 49.7 Å². The van der Waals surface area contributed by atoms with Gasteiger partial charge in [-0.05, 0) is 24.5 Å². The fourth-order valence-corrected chi connectivity index (χ4v) is 2.05. The van der Waals surface area contributed by atoms with Crippen LogP contribution in [0.2, 0.25) is 0 Å². The minimum atomic E-state index is 0. The number of nitrogens with one attached hydrogen (secondary N) is 1. The van der Waals surface area contributed by atoms with E-state index in [1.807, 2.05) is 19.9 Å². The quantitative estimate of drug-likeness (QED) is 0.542. The summed E-state index contributed by atoms with van der Waals surface area (Å²) in [5.74, 6) is 0. The summed E-state index contributed by atoms with van der Waals surface area (Å²) in [5, 5.41) is 3.44. The molecular formula is C23H39NV2-6. The Morgan fingerprint density at radius 2 is 1.69 bits per heavy atom. The Morgan fingerprint density at radius 1 is 1.12 bits per heavy atom. The smallest absolute Gasteiger partial charge is 0.0210 e. The number of rotatable bonds is 4. The average molecular weight is 431 g/mol. The van der Waals surface area contributed by atoms with Crippen LogP contribution in [0, 0.1) is 41.5 Å². The van der Waals surface area contributed by atoms with Gasteiger partial charge in [0.15, 0.2) is 0 Å². The van der Waals surface area contributed by atoms with Crippen LogP contribution in [0.15, 0.2) is 36.4 Å². The van der Waals surface area contributed by atoms with Crippen LogP contribution in [0.5, 0.6) is 0 Å². The van der Waals surface area contributed by atoms with Crippen LogP contribution < -0.4 is 5.32 Å². The van der Waals surface area contributed by atoms with Crippen molar-refractivity contribution in [1.29, 1.82) is 0 Å². The third kappa shape index (κ3) is 20.3. The predicted molar refractivity (Wildman–Crippen MR) is 113 cm³/mol. The van der Waals surface area contributed by atoms with Crippen LogP contribution in [0.25, 0.3) is 0 Å². The Labute approximate surface area is 190 Å². The number of fused-ring (bicyclic) bond motifs is 1. The van der Waals surface area contributed by atoms with E-state index in [0.29, 0.717) is 6.04 Å². The minimum Gasteiger partial charge on any atom is -0.358 e. The molecule has 1 atom stereocenters. The molecule has 1 aliphatic heterocycles. The maximum atomic E-state index is 3.64. The second-order valence-electron chi connectivity index (χ2n) is 5.42. The first kappa shape index (κ1) is 36.8. The zero-order valence-electron chi connectivity index (χ0n) is 17.5. The molecule has 1 aliphatic rings. The van der Waals surface area contributed by atoms with Crippen molar-refractivity contribution >= 4 is 0 Å². The third-order valence-electron chi connectivity index (χ3n) is 3.32. The molecule has 3 heteroatoms. The molecule has 2 radical (unpaired) electrons. The minimum absolute atomic E-state index is 0. The molecular weight excluding hydrogens is 392 g/mol. The van der Waals surface area contributed by atoms with Crippen molar-refractivity contribution in [3.8, 4) is 0 Å². The molecule has 1 aromatic carbocycles. The van der Waals surface area contributed by atoms with Gasteiger partial charge in [0.05, 0.1) is 0 Å². The Balaban J connectivity index is -0.0000000868. The van der Waals surface area contributed by atoms with Crippen molar-refractivity contribution in [2.45, 2.75) is 59.0 Å². The van der Waals surface area contributed by atoms with Gasteiger partial charge in [-0.25, -0.2) is 32.3 Å². The maximum absolute atomic E-state index is 3.64. The molecule has 0 aromatic heterocycles. The Kier molecular flexibility index (Phi) is 38.5. The summed E-state index contributed by atoms with van der Waals surface area (Å²) in [7, 11) is 0. The summed E-state index contributed by atoms with van der Waals surface area (Å²) in [6.45, 7) is 14.5. The maximum Gasteiger partial charge on any atom is 0.0210 e. The van der Waals surface area contributed by atoms with Gasteiger partial charge in [-0.15, -0.1) is 0 Å². The van der Waals surface area contributed by atoms with Crippen LogP contribution in [0.1, 0.15) is 51.2 Å². The number of hydrogen-bond acceptors (Lipinski definition) is 1. The molecule has 2 rings (SSSR count). The van der Waals surface area contributed by atoms with Crippen LogP contribution in [0.4, 0.5) is 0 Å². The fourth-order valence-electron chi connectivity index (χ4n) is 2.05. The normalized spacial score (nSPS) is 13.6.